The molecule has 1 saturated carbocycles. The van der Waals surface area contributed by atoms with Crippen molar-refractivity contribution < 1.29 is 19.4 Å². The van der Waals surface area contributed by atoms with Crippen molar-refractivity contribution in [1.29, 1.82) is 5.26 Å². The lowest BCUT2D eigenvalue weighted by atomic mass is 9.96. The molecule has 2 heterocycles. The summed E-state index contributed by atoms with van der Waals surface area (Å²) in [4.78, 5) is 28.4. The normalized spacial score (nSPS) is 13.6. The standard InChI is InChI=1S/C25H20N6O4/c26-15-25(9-10-25)17-4-1-3-16(11-17)24(34)27-18-5-2-6-19(12-18)35-23-8-7-21-28-20(13-31(21)30-23)29-22(33)14-32/h1-8,11-13,32H,9-10,14H2,(H,27,34)(H,29,33). The predicted octanol–water partition coefficient (Wildman–Crippen LogP) is 3.26. The van der Waals surface area contributed by atoms with Crippen molar-refractivity contribution in [3.63, 3.8) is 0 Å². The van der Waals surface area contributed by atoms with E-state index in [1.54, 1.807) is 54.6 Å². The monoisotopic (exact) mass is 468 g/mol. The Morgan fingerprint density at radius 3 is 2.71 bits per heavy atom. The molecule has 10 nitrogen and oxygen atoms in total. The van der Waals surface area contributed by atoms with E-state index >= 15 is 0 Å². The van der Waals surface area contributed by atoms with E-state index in [0.717, 1.165) is 18.4 Å². The third-order valence-electron chi connectivity index (χ3n) is 5.66. The molecule has 2 aromatic heterocycles. The maximum atomic E-state index is 12.8. The van der Waals surface area contributed by atoms with Gasteiger partial charge in [0.15, 0.2) is 11.5 Å². The van der Waals surface area contributed by atoms with Crippen LogP contribution in [0.1, 0.15) is 28.8 Å². The molecule has 0 saturated heterocycles. The van der Waals surface area contributed by atoms with E-state index in [1.165, 1.54) is 10.7 Å². The zero-order valence-electron chi connectivity index (χ0n) is 18.4. The number of benzene rings is 2. The van der Waals surface area contributed by atoms with Gasteiger partial charge in [0.2, 0.25) is 5.88 Å². The van der Waals surface area contributed by atoms with Gasteiger partial charge in [-0.05, 0) is 48.7 Å². The molecule has 0 unspecified atom stereocenters. The molecule has 10 heteroatoms. The number of imidazole rings is 1. The molecule has 1 aliphatic carbocycles. The summed E-state index contributed by atoms with van der Waals surface area (Å²) in [5, 5.41) is 27.9. The highest BCUT2D eigenvalue weighted by Gasteiger charge is 2.45. The summed E-state index contributed by atoms with van der Waals surface area (Å²) in [5.41, 5.74) is 1.91. The Morgan fingerprint density at radius 1 is 1.11 bits per heavy atom. The van der Waals surface area contributed by atoms with E-state index < -0.39 is 17.9 Å². The van der Waals surface area contributed by atoms with Gasteiger partial charge in [-0.25, -0.2) is 9.50 Å². The van der Waals surface area contributed by atoms with Gasteiger partial charge in [-0.15, -0.1) is 5.10 Å². The molecule has 5 rings (SSSR count). The Balaban J connectivity index is 1.29. The van der Waals surface area contributed by atoms with Crippen LogP contribution in [-0.2, 0) is 10.2 Å². The second-order valence-electron chi connectivity index (χ2n) is 8.17. The smallest absolute Gasteiger partial charge is 0.255 e. The summed E-state index contributed by atoms with van der Waals surface area (Å²) in [7, 11) is 0. The largest absolute Gasteiger partial charge is 0.438 e. The lowest BCUT2D eigenvalue weighted by Crippen LogP contribution is -2.15. The topological polar surface area (TPSA) is 142 Å². The summed E-state index contributed by atoms with van der Waals surface area (Å²) < 4.78 is 7.28. The second-order valence-corrected chi connectivity index (χ2v) is 8.17. The van der Waals surface area contributed by atoms with Crippen molar-refractivity contribution in [3.05, 3.63) is 78.0 Å². The molecule has 174 valence electrons. The molecule has 0 spiro atoms. The number of carbonyl (C=O) groups excluding carboxylic acids is 2. The number of nitriles is 1. The molecule has 2 aromatic carbocycles. The van der Waals surface area contributed by atoms with Crippen LogP contribution >= 0.6 is 0 Å². The summed E-state index contributed by atoms with van der Waals surface area (Å²) in [6, 6.07) is 19.7. The number of rotatable bonds is 7. The van der Waals surface area contributed by atoms with E-state index in [9.17, 15) is 14.9 Å². The van der Waals surface area contributed by atoms with Crippen molar-refractivity contribution in [3.8, 4) is 17.7 Å². The number of anilines is 2. The Labute approximate surface area is 199 Å². The van der Waals surface area contributed by atoms with Crippen LogP contribution < -0.4 is 15.4 Å². The summed E-state index contributed by atoms with van der Waals surface area (Å²) in [5.74, 6) is 0.127. The maximum Gasteiger partial charge on any atom is 0.255 e. The molecule has 2 amide bonds. The summed E-state index contributed by atoms with van der Waals surface area (Å²) in [6.45, 7) is -0.644. The fourth-order valence-corrected chi connectivity index (χ4v) is 3.67. The number of fused-ring (bicyclic) bond motifs is 1. The fraction of sp³-hybridized carbons (Fsp3) is 0.160. The first-order valence-corrected chi connectivity index (χ1v) is 10.9. The molecule has 35 heavy (non-hydrogen) atoms. The van der Waals surface area contributed by atoms with Gasteiger partial charge in [0.05, 0.1) is 17.7 Å². The van der Waals surface area contributed by atoms with Crippen molar-refractivity contribution in [2.75, 3.05) is 17.2 Å². The number of aromatic nitrogens is 3. The number of aliphatic hydroxyl groups is 1. The van der Waals surface area contributed by atoms with Crippen LogP contribution in [0.15, 0.2) is 66.9 Å². The number of hydrogen-bond acceptors (Lipinski definition) is 7. The molecule has 1 aliphatic rings. The molecule has 1 fully saturated rings. The third-order valence-corrected chi connectivity index (χ3v) is 5.66. The molecule has 0 aliphatic heterocycles. The minimum absolute atomic E-state index is 0.254. The average Bonchev–Trinajstić information content (AvgIpc) is 3.58. The van der Waals surface area contributed by atoms with Gasteiger partial charge in [-0.2, -0.15) is 5.26 Å². The van der Waals surface area contributed by atoms with E-state index in [1.807, 2.05) is 6.07 Å². The van der Waals surface area contributed by atoms with Gasteiger partial charge in [-0.1, -0.05) is 18.2 Å². The van der Waals surface area contributed by atoms with Crippen LogP contribution in [0.3, 0.4) is 0 Å². The highest BCUT2D eigenvalue weighted by molar-refractivity contribution is 6.04. The molecular formula is C25H20N6O4. The molecule has 0 radical (unpaired) electrons. The van der Waals surface area contributed by atoms with Crippen LogP contribution in [0.5, 0.6) is 11.6 Å². The van der Waals surface area contributed by atoms with Crippen molar-refractivity contribution in [2.24, 2.45) is 0 Å². The highest BCUT2D eigenvalue weighted by atomic mass is 16.5. The number of hydrogen-bond donors (Lipinski definition) is 3. The quantitative estimate of drug-likeness (QED) is 0.378. The number of aliphatic hydroxyl groups excluding tert-OH is 1. The Kier molecular flexibility index (Phi) is 5.60. The van der Waals surface area contributed by atoms with E-state index in [0.29, 0.717) is 22.6 Å². The lowest BCUT2D eigenvalue weighted by Gasteiger charge is -2.11. The van der Waals surface area contributed by atoms with Crippen LogP contribution in [0, 0.1) is 11.3 Å². The molecule has 3 N–H and O–H groups in total. The SMILES string of the molecule is N#CC1(c2cccc(C(=O)Nc3cccc(Oc4ccc5nc(NC(=O)CO)cn5n4)c3)c2)CC1. The zero-order valence-corrected chi connectivity index (χ0v) is 18.4. The second kappa shape index (κ2) is 8.89. The first kappa shape index (κ1) is 22.1. The number of amides is 2. The van der Waals surface area contributed by atoms with E-state index in [-0.39, 0.29) is 17.6 Å². The first-order valence-electron chi connectivity index (χ1n) is 10.9. The lowest BCUT2D eigenvalue weighted by molar-refractivity contribution is -0.118. The number of ether oxygens (including phenoxy) is 1. The van der Waals surface area contributed by atoms with Gasteiger partial charge < -0.3 is 20.5 Å². The van der Waals surface area contributed by atoms with Crippen molar-refractivity contribution >= 4 is 29.0 Å². The third kappa shape index (κ3) is 4.66. The van der Waals surface area contributed by atoms with Gasteiger partial charge in [-0.3, -0.25) is 9.59 Å². The van der Waals surface area contributed by atoms with Crippen molar-refractivity contribution in [2.45, 2.75) is 18.3 Å². The predicted molar refractivity (Wildman–Crippen MR) is 126 cm³/mol. The van der Waals surface area contributed by atoms with E-state index in [2.05, 4.69) is 26.8 Å². The summed E-state index contributed by atoms with van der Waals surface area (Å²) in [6.07, 6.45) is 3.12. The van der Waals surface area contributed by atoms with Crippen molar-refractivity contribution in [1.82, 2.24) is 14.6 Å². The number of carbonyl (C=O) groups is 2. The molecule has 4 aromatic rings. The Bertz CT molecular complexity index is 1480. The maximum absolute atomic E-state index is 12.8. The van der Waals surface area contributed by atoms with Crippen LogP contribution in [0.4, 0.5) is 11.5 Å². The van der Waals surface area contributed by atoms with Gasteiger partial charge in [0.25, 0.3) is 11.8 Å². The van der Waals surface area contributed by atoms with Gasteiger partial charge in [0, 0.05) is 23.4 Å². The van der Waals surface area contributed by atoms with Crippen LogP contribution in [0.25, 0.3) is 5.65 Å². The van der Waals surface area contributed by atoms with E-state index in [4.69, 9.17) is 9.84 Å². The van der Waals surface area contributed by atoms with Gasteiger partial charge >= 0.3 is 0 Å². The zero-order chi connectivity index (χ0) is 24.4. The highest BCUT2D eigenvalue weighted by Crippen LogP contribution is 2.47. The molecular weight excluding hydrogens is 448 g/mol. The Morgan fingerprint density at radius 2 is 1.94 bits per heavy atom. The number of nitrogens with zero attached hydrogens (tertiary/aromatic N) is 4. The van der Waals surface area contributed by atoms with Crippen LogP contribution in [-0.4, -0.2) is 38.1 Å². The Hall–Kier alpha value is -4.75. The molecule has 0 atom stereocenters. The molecule has 0 bridgehead atoms. The minimum Gasteiger partial charge on any atom is -0.438 e. The first-order chi connectivity index (χ1) is 17.0. The van der Waals surface area contributed by atoms with Gasteiger partial charge in [0.1, 0.15) is 12.4 Å². The fourth-order valence-electron chi connectivity index (χ4n) is 3.67. The minimum atomic E-state index is -0.644. The summed E-state index contributed by atoms with van der Waals surface area (Å²) >= 11 is 0. The van der Waals surface area contributed by atoms with Crippen LogP contribution in [0.2, 0.25) is 0 Å². The number of nitrogens with one attached hydrogen (secondary N) is 2. The average molecular weight is 468 g/mol.